The van der Waals surface area contributed by atoms with Gasteiger partial charge in [0.15, 0.2) is 0 Å². The molecule has 0 saturated heterocycles. The van der Waals surface area contributed by atoms with E-state index < -0.39 is 0 Å². The molecule has 16 heavy (non-hydrogen) atoms. The van der Waals surface area contributed by atoms with Gasteiger partial charge < -0.3 is 0 Å². The van der Waals surface area contributed by atoms with Crippen molar-refractivity contribution in [3.05, 3.63) is 54.0 Å². The number of hydrogen-bond donors (Lipinski definition) is 0. The van der Waals surface area contributed by atoms with Crippen molar-refractivity contribution in [2.75, 3.05) is 0 Å². The van der Waals surface area contributed by atoms with Gasteiger partial charge in [-0.25, -0.2) is 9.37 Å². The molecule has 78 valence electrons. The standard InChI is InChI=1S/C12H7FN2S/c13-10-2-1-3-11(6-10)16-12-5-4-9(7-14)8-15-12/h1-6,8H. The molecule has 0 bridgehead atoms. The number of aromatic nitrogens is 1. The van der Waals surface area contributed by atoms with E-state index in [1.165, 1.54) is 30.1 Å². The Morgan fingerprint density at radius 3 is 2.75 bits per heavy atom. The topological polar surface area (TPSA) is 36.7 Å². The summed E-state index contributed by atoms with van der Waals surface area (Å²) in [5.41, 5.74) is 0.517. The molecule has 2 aromatic rings. The molecule has 1 aromatic carbocycles. The highest BCUT2D eigenvalue weighted by Crippen LogP contribution is 2.26. The Morgan fingerprint density at radius 1 is 1.25 bits per heavy atom. The van der Waals surface area contributed by atoms with Gasteiger partial charge in [0.25, 0.3) is 0 Å². The van der Waals surface area contributed by atoms with E-state index in [-0.39, 0.29) is 5.82 Å². The number of halogens is 1. The summed E-state index contributed by atoms with van der Waals surface area (Å²) in [7, 11) is 0. The van der Waals surface area contributed by atoms with Crippen LogP contribution < -0.4 is 0 Å². The number of hydrogen-bond acceptors (Lipinski definition) is 3. The van der Waals surface area contributed by atoms with Crippen molar-refractivity contribution in [2.24, 2.45) is 0 Å². The van der Waals surface area contributed by atoms with Gasteiger partial charge in [0.1, 0.15) is 16.9 Å². The number of nitriles is 1. The normalized spacial score (nSPS) is 9.75. The van der Waals surface area contributed by atoms with Crippen molar-refractivity contribution in [1.82, 2.24) is 4.98 Å². The van der Waals surface area contributed by atoms with E-state index in [4.69, 9.17) is 5.26 Å². The van der Waals surface area contributed by atoms with Crippen molar-refractivity contribution < 1.29 is 4.39 Å². The minimum absolute atomic E-state index is 0.265. The second-order valence-corrected chi connectivity index (χ2v) is 4.15. The lowest BCUT2D eigenvalue weighted by molar-refractivity contribution is 0.624. The molecule has 0 aliphatic heterocycles. The van der Waals surface area contributed by atoms with Gasteiger partial charge in [0, 0.05) is 11.1 Å². The fourth-order valence-electron chi connectivity index (χ4n) is 1.16. The zero-order valence-electron chi connectivity index (χ0n) is 8.22. The summed E-state index contributed by atoms with van der Waals surface area (Å²) in [6.07, 6.45) is 1.50. The predicted molar refractivity (Wildman–Crippen MR) is 59.5 cm³/mol. The third-order valence-electron chi connectivity index (χ3n) is 1.88. The second kappa shape index (κ2) is 4.77. The monoisotopic (exact) mass is 230 g/mol. The first kappa shape index (κ1) is 10.7. The van der Waals surface area contributed by atoms with Crippen LogP contribution in [0.25, 0.3) is 0 Å². The van der Waals surface area contributed by atoms with Crippen LogP contribution in [0.1, 0.15) is 5.56 Å². The number of nitrogens with zero attached hydrogens (tertiary/aromatic N) is 2. The smallest absolute Gasteiger partial charge is 0.124 e. The number of pyridine rings is 1. The molecule has 1 heterocycles. The van der Waals surface area contributed by atoms with Gasteiger partial charge in [-0.1, -0.05) is 17.8 Å². The van der Waals surface area contributed by atoms with Gasteiger partial charge in [-0.05, 0) is 30.3 Å². The lowest BCUT2D eigenvalue weighted by Crippen LogP contribution is -1.82. The third kappa shape index (κ3) is 2.59. The van der Waals surface area contributed by atoms with Crippen molar-refractivity contribution >= 4 is 11.8 Å². The molecule has 0 radical (unpaired) electrons. The van der Waals surface area contributed by atoms with Gasteiger partial charge in [0.05, 0.1) is 5.56 Å². The Bertz CT molecular complexity index is 531. The van der Waals surface area contributed by atoms with Crippen molar-refractivity contribution in [2.45, 2.75) is 9.92 Å². The molecule has 2 rings (SSSR count). The molecular weight excluding hydrogens is 223 g/mol. The van der Waals surface area contributed by atoms with Crippen LogP contribution in [0.15, 0.2) is 52.5 Å². The fourth-order valence-corrected chi connectivity index (χ4v) is 1.96. The van der Waals surface area contributed by atoms with Crippen LogP contribution >= 0.6 is 11.8 Å². The van der Waals surface area contributed by atoms with Gasteiger partial charge >= 0.3 is 0 Å². The Morgan fingerprint density at radius 2 is 2.12 bits per heavy atom. The molecule has 1 aromatic heterocycles. The van der Waals surface area contributed by atoms with E-state index in [1.807, 2.05) is 12.1 Å². The second-order valence-electron chi connectivity index (χ2n) is 3.06. The lowest BCUT2D eigenvalue weighted by atomic mass is 10.3. The Balaban J connectivity index is 2.18. The van der Waals surface area contributed by atoms with E-state index in [0.717, 1.165) is 9.92 Å². The maximum Gasteiger partial charge on any atom is 0.124 e. The third-order valence-corrected chi connectivity index (χ3v) is 2.82. The largest absolute Gasteiger partial charge is 0.248 e. The molecule has 0 saturated carbocycles. The SMILES string of the molecule is N#Cc1ccc(Sc2cccc(F)c2)nc1. The molecular formula is C12H7FN2S. The zero-order valence-corrected chi connectivity index (χ0v) is 9.04. The molecule has 2 nitrogen and oxygen atoms in total. The average Bonchev–Trinajstić information content (AvgIpc) is 2.30. The fraction of sp³-hybridized carbons (Fsp3) is 0. The quantitative estimate of drug-likeness (QED) is 0.794. The highest BCUT2D eigenvalue weighted by Gasteiger charge is 2.00. The Hall–Kier alpha value is -1.86. The van der Waals surface area contributed by atoms with E-state index >= 15 is 0 Å². The van der Waals surface area contributed by atoms with E-state index in [1.54, 1.807) is 18.2 Å². The van der Waals surface area contributed by atoms with Gasteiger partial charge in [-0.15, -0.1) is 0 Å². The van der Waals surface area contributed by atoms with Crippen LogP contribution in [0.4, 0.5) is 4.39 Å². The van der Waals surface area contributed by atoms with Crippen molar-refractivity contribution in [3.63, 3.8) is 0 Å². The van der Waals surface area contributed by atoms with Gasteiger partial charge in [-0.3, -0.25) is 0 Å². The van der Waals surface area contributed by atoms with Crippen molar-refractivity contribution in [3.8, 4) is 6.07 Å². The molecule has 0 N–H and O–H groups in total. The molecule has 0 spiro atoms. The molecule has 0 fully saturated rings. The predicted octanol–water partition coefficient (Wildman–Crippen LogP) is 3.24. The van der Waals surface area contributed by atoms with Gasteiger partial charge in [0.2, 0.25) is 0 Å². The summed E-state index contributed by atoms with van der Waals surface area (Å²) >= 11 is 1.36. The first-order chi connectivity index (χ1) is 7.78. The summed E-state index contributed by atoms with van der Waals surface area (Å²) in [4.78, 5) is 4.88. The first-order valence-electron chi connectivity index (χ1n) is 4.57. The summed E-state index contributed by atoms with van der Waals surface area (Å²) in [5, 5.41) is 9.35. The number of rotatable bonds is 2. The van der Waals surface area contributed by atoms with Crippen LogP contribution in [0.3, 0.4) is 0 Å². The summed E-state index contributed by atoms with van der Waals surface area (Å²) in [6.45, 7) is 0. The maximum absolute atomic E-state index is 12.9. The molecule has 4 heteroatoms. The highest BCUT2D eigenvalue weighted by atomic mass is 32.2. The van der Waals surface area contributed by atoms with E-state index in [9.17, 15) is 4.39 Å². The highest BCUT2D eigenvalue weighted by molar-refractivity contribution is 7.99. The summed E-state index contributed by atoms with van der Waals surface area (Å²) in [5.74, 6) is -0.265. The van der Waals surface area contributed by atoms with Gasteiger partial charge in [-0.2, -0.15) is 5.26 Å². The Kier molecular flexibility index (Phi) is 3.18. The van der Waals surface area contributed by atoms with Crippen LogP contribution in [-0.4, -0.2) is 4.98 Å². The van der Waals surface area contributed by atoms with E-state index in [2.05, 4.69) is 4.98 Å². The molecule has 0 atom stereocenters. The zero-order chi connectivity index (χ0) is 11.4. The Labute approximate surface area is 96.8 Å². The van der Waals surface area contributed by atoms with Crippen LogP contribution in [0.5, 0.6) is 0 Å². The van der Waals surface area contributed by atoms with Crippen LogP contribution in [0, 0.1) is 17.1 Å². The minimum atomic E-state index is -0.265. The van der Waals surface area contributed by atoms with E-state index in [0.29, 0.717) is 5.56 Å². The molecule has 0 unspecified atom stereocenters. The van der Waals surface area contributed by atoms with Crippen LogP contribution in [-0.2, 0) is 0 Å². The summed E-state index contributed by atoms with van der Waals surface area (Å²) in [6, 6.07) is 11.7. The average molecular weight is 230 g/mol. The molecule has 0 amide bonds. The van der Waals surface area contributed by atoms with Crippen LogP contribution in [0.2, 0.25) is 0 Å². The number of benzene rings is 1. The minimum Gasteiger partial charge on any atom is -0.248 e. The van der Waals surface area contributed by atoms with Crippen molar-refractivity contribution in [1.29, 1.82) is 5.26 Å². The first-order valence-corrected chi connectivity index (χ1v) is 5.39. The lowest BCUT2D eigenvalue weighted by Gasteiger charge is -2.00. The molecule has 0 aliphatic carbocycles. The molecule has 0 aliphatic rings. The summed E-state index contributed by atoms with van der Waals surface area (Å²) < 4.78 is 12.9. The maximum atomic E-state index is 12.9.